The molecular formula is C19H18N2O3S2. The van der Waals surface area contributed by atoms with Gasteiger partial charge in [-0.15, -0.1) is 0 Å². The molecule has 2 aliphatic heterocycles. The number of fused-ring (bicyclic) bond motifs is 1. The molecule has 2 saturated heterocycles. The Labute approximate surface area is 157 Å². The van der Waals surface area contributed by atoms with Crippen molar-refractivity contribution in [3.63, 3.8) is 0 Å². The first-order chi connectivity index (χ1) is 12.4. The Morgan fingerprint density at radius 2 is 1.77 bits per heavy atom. The highest BCUT2D eigenvalue weighted by molar-refractivity contribution is 8.16. The highest BCUT2D eigenvalue weighted by atomic mass is 32.2. The van der Waals surface area contributed by atoms with Gasteiger partial charge in [0.1, 0.15) is 0 Å². The highest BCUT2D eigenvalue weighted by Gasteiger charge is 2.49. The van der Waals surface area contributed by atoms with Crippen LogP contribution in [0.1, 0.15) is 15.9 Å². The van der Waals surface area contributed by atoms with Crippen LogP contribution < -0.4 is 4.90 Å². The van der Waals surface area contributed by atoms with Gasteiger partial charge < -0.3 is 4.90 Å². The Hall–Kier alpha value is -2.12. The summed E-state index contributed by atoms with van der Waals surface area (Å²) < 4.78 is 24.2. The van der Waals surface area contributed by atoms with Crippen LogP contribution in [0.3, 0.4) is 0 Å². The third kappa shape index (κ3) is 3.17. The number of anilines is 1. The van der Waals surface area contributed by atoms with E-state index in [0.717, 1.165) is 11.3 Å². The number of para-hydroxylation sites is 1. The summed E-state index contributed by atoms with van der Waals surface area (Å²) in [7, 11) is -3.07. The Balaban J connectivity index is 1.75. The van der Waals surface area contributed by atoms with E-state index in [-0.39, 0.29) is 28.7 Å². The number of carbonyl (C=O) groups excluding carboxylic acids is 1. The minimum absolute atomic E-state index is 0.0948. The topological polar surface area (TPSA) is 66.8 Å². The van der Waals surface area contributed by atoms with Gasteiger partial charge in [0.2, 0.25) is 0 Å². The molecular weight excluding hydrogens is 368 g/mol. The lowest BCUT2D eigenvalue weighted by molar-refractivity contribution is 0.100. The Morgan fingerprint density at radius 3 is 2.50 bits per heavy atom. The molecule has 134 valence electrons. The summed E-state index contributed by atoms with van der Waals surface area (Å²) in [6.45, 7) is 1.98. The van der Waals surface area contributed by atoms with Crippen LogP contribution in [0.5, 0.6) is 0 Å². The van der Waals surface area contributed by atoms with Crippen LogP contribution >= 0.6 is 11.8 Å². The van der Waals surface area contributed by atoms with Crippen LogP contribution in [-0.4, -0.2) is 42.3 Å². The summed E-state index contributed by atoms with van der Waals surface area (Å²) >= 11 is 1.39. The van der Waals surface area contributed by atoms with Crippen LogP contribution in [-0.2, 0) is 9.84 Å². The molecule has 2 atom stereocenters. The van der Waals surface area contributed by atoms with Gasteiger partial charge in [-0.05, 0) is 30.7 Å². The molecule has 7 heteroatoms. The second-order valence-corrected chi connectivity index (χ2v) is 9.88. The molecule has 0 bridgehead atoms. The minimum Gasteiger partial charge on any atom is -0.315 e. The van der Waals surface area contributed by atoms with Crippen molar-refractivity contribution in [2.24, 2.45) is 4.99 Å². The van der Waals surface area contributed by atoms with Gasteiger partial charge in [0.15, 0.2) is 15.0 Å². The van der Waals surface area contributed by atoms with E-state index in [2.05, 4.69) is 4.99 Å². The van der Waals surface area contributed by atoms with E-state index in [1.54, 1.807) is 24.3 Å². The lowest BCUT2D eigenvalue weighted by Gasteiger charge is -2.26. The van der Waals surface area contributed by atoms with Gasteiger partial charge in [-0.2, -0.15) is 4.99 Å². The molecule has 2 heterocycles. The second kappa shape index (κ2) is 6.55. The number of thioether (sulfide) groups is 1. The molecule has 0 spiro atoms. The monoisotopic (exact) mass is 386 g/mol. The number of hydrogen-bond acceptors (Lipinski definition) is 4. The van der Waals surface area contributed by atoms with Crippen molar-refractivity contribution in [3.05, 3.63) is 65.7 Å². The standard InChI is InChI=1S/C19H18N2O3S2/c1-13-7-5-6-10-15(13)21-16-11-26(23,24)12-17(16)25-19(21)20-18(22)14-8-3-2-4-9-14/h2-10,16-17H,11-12H2,1H3/t16-,17-/m1/s1. The van der Waals surface area contributed by atoms with Crippen molar-refractivity contribution in [2.75, 3.05) is 16.4 Å². The smallest absolute Gasteiger partial charge is 0.279 e. The third-order valence-electron chi connectivity index (χ3n) is 4.66. The van der Waals surface area contributed by atoms with E-state index in [4.69, 9.17) is 0 Å². The fourth-order valence-corrected chi connectivity index (χ4v) is 7.32. The molecule has 0 aliphatic carbocycles. The van der Waals surface area contributed by atoms with Gasteiger partial charge in [0.25, 0.3) is 5.91 Å². The van der Waals surface area contributed by atoms with E-state index in [1.165, 1.54) is 11.8 Å². The predicted octanol–water partition coefficient (Wildman–Crippen LogP) is 2.91. The highest BCUT2D eigenvalue weighted by Crippen LogP contribution is 2.41. The number of aliphatic imine (C=N–C) groups is 1. The number of carbonyl (C=O) groups is 1. The number of hydrogen-bond donors (Lipinski definition) is 0. The van der Waals surface area contributed by atoms with Crippen molar-refractivity contribution in [2.45, 2.75) is 18.2 Å². The summed E-state index contributed by atoms with van der Waals surface area (Å²) in [5.74, 6) is -0.0876. The number of rotatable bonds is 2. The summed E-state index contributed by atoms with van der Waals surface area (Å²) in [5.41, 5.74) is 2.46. The molecule has 0 N–H and O–H groups in total. The van der Waals surface area contributed by atoms with Crippen molar-refractivity contribution in [1.29, 1.82) is 0 Å². The zero-order valence-corrected chi connectivity index (χ0v) is 15.8. The molecule has 4 rings (SSSR count). The van der Waals surface area contributed by atoms with Gasteiger partial charge in [-0.25, -0.2) is 8.42 Å². The quantitative estimate of drug-likeness (QED) is 0.794. The fraction of sp³-hybridized carbons (Fsp3) is 0.263. The maximum Gasteiger partial charge on any atom is 0.279 e. The van der Waals surface area contributed by atoms with Gasteiger partial charge >= 0.3 is 0 Å². The molecule has 1 amide bonds. The van der Waals surface area contributed by atoms with E-state index in [0.29, 0.717) is 10.7 Å². The average Bonchev–Trinajstić information content (AvgIpc) is 3.07. The fourth-order valence-electron chi connectivity index (χ4n) is 3.41. The molecule has 2 aromatic carbocycles. The van der Waals surface area contributed by atoms with E-state index >= 15 is 0 Å². The lowest BCUT2D eigenvalue weighted by atomic mass is 10.1. The predicted molar refractivity (Wildman–Crippen MR) is 106 cm³/mol. The molecule has 5 nitrogen and oxygen atoms in total. The number of nitrogens with zero attached hydrogens (tertiary/aromatic N) is 2. The first-order valence-electron chi connectivity index (χ1n) is 8.35. The van der Waals surface area contributed by atoms with Crippen molar-refractivity contribution >= 4 is 38.4 Å². The SMILES string of the molecule is Cc1ccccc1N1C(=NC(=O)c2ccccc2)S[C@@H]2CS(=O)(=O)C[C@H]21. The number of benzene rings is 2. The van der Waals surface area contributed by atoms with Crippen LogP contribution in [0.25, 0.3) is 0 Å². The van der Waals surface area contributed by atoms with Crippen molar-refractivity contribution in [1.82, 2.24) is 0 Å². The summed E-state index contributed by atoms with van der Waals surface area (Å²) in [5, 5.41) is 0.486. The van der Waals surface area contributed by atoms with Gasteiger partial charge in [0, 0.05) is 16.5 Å². The number of aryl methyl sites for hydroxylation is 1. The van der Waals surface area contributed by atoms with Gasteiger partial charge in [-0.1, -0.05) is 48.2 Å². The maximum absolute atomic E-state index is 12.6. The molecule has 2 fully saturated rings. The van der Waals surface area contributed by atoms with E-state index in [1.807, 2.05) is 42.2 Å². The van der Waals surface area contributed by atoms with Crippen LogP contribution in [0.15, 0.2) is 59.6 Å². The van der Waals surface area contributed by atoms with Crippen LogP contribution in [0.2, 0.25) is 0 Å². The zero-order valence-electron chi connectivity index (χ0n) is 14.2. The normalized spacial score (nSPS) is 25.4. The summed E-state index contributed by atoms with van der Waals surface area (Å²) in [4.78, 5) is 18.9. The maximum atomic E-state index is 12.6. The minimum atomic E-state index is -3.07. The Bertz CT molecular complexity index is 987. The molecule has 0 radical (unpaired) electrons. The molecule has 2 aliphatic rings. The Morgan fingerprint density at radius 1 is 1.08 bits per heavy atom. The molecule has 0 unspecified atom stereocenters. The number of amides is 1. The number of sulfone groups is 1. The molecule has 26 heavy (non-hydrogen) atoms. The van der Waals surface area contributed by atoms with E-state index in [9.17, 15) is 13.2 Å². The number of amidine groups is 1. The lowest BCUT2D eigenvalue weighted by Crippen LogP contribution is -2.38. The van der Waals surface area contributed by atoms with Gasteiger partial charge in [-0.3, -0.25) is 4.79 Å². The average molecular weight is 386 g/mol. The van der Waals surface area contributed by atoms with Crippen LogP contribution in [0, 0.1) is 6.92 Å². The largest absolute Gasteiger partial charge is 0.315 e. The Kier molecular flexibility index (Phi) is 4.36. The molecule has 2 aromatic rings. The van der Waals surface area contributed by atoms with Crippen molar-refractivity contribution < 1.29 is 13.2 Å². The molecule has 0 aromatic heterocycles. The zero-order chi connectivity index (χ0) is 18.3. The summed E-state index contributed by atoms with van der Waals surface area (Å²) in [6, 6.07) is 16.5. The first kappa shape index (κ1) is 17.3. The second-order valence-electron chi connectivity index (χ2n) is 6.52. The summed E-state index contributed by atoms with van der Waals surface area (Å²) in [6.07, 6.45) is 0. The van der Waals surface area contributed by atoms with Crippen molar-refractivity contribution in [3.8, 4) is 0 Å². The first-order valence-corrected chi connectivity index (χ1v) is 11.0. The third-order valence-corrected chi connectivity index (χ3v) is 7.87. The van der Waals surface area contributed by atoms with E-state index < -0.39 is 9.84 Å². The van der Waals surface area contributed by atoms with Gasteiger partial charge in [0.05, 0.1) is 17.5 Å². The molecule has 0 saturated carbocycles. The van der Waals surface area contributed by atoms with Crippen LogP contribution in [0.4, 0.5) is 5.69 Å².